The zero-order valence-electron chi connectivity index (χ0n) is 10.6. The van der Waals surface area contributed by atoms with Crippen LogP contribution in [-0.2, 0) is 17.8 Å². The van der Waals surface area contributed by atoms with Crippen molar-refractivity contribution in [3.05, 3.63) is 29.6 Å². The summed E-state index contributed by atoms with van der Waals surface area (Å²) in [5.41, 5.74) is 1.80. The number of nitrogens with zero attached hydrogens (tertiary/aromatic N) is 1. The van der Waals surface area contributed by atoms with Gasteiger partial charge in [0.1, 0.15) is 0 Å². The zero-order valence-corrected chi connectivity index (χ0v) is 10.6. The molecule has 0 bridgehead atoms. The van der Waals surface area contributed by atoms with E-state index in [1.165, 1.54) is 0 Å². The summed E-state index contributed by atoms with van der Waals surface area (Å²) >= 11 is 0. The normalized spacial score (nSPS) is 11.7. The largest absolute Gasteiger partial charge is 0.479 e. The number of rotatable bonds is 6. The monoisotopic (exact) mass is 267 g/mol. The number of pyridine rings is 1. The number of carboxylic acids is 1. The van der Waals surface area contributed by atoms with Crippen molar-refractivity contribution >= 4 is 12.0 Å². The molecule has 4 N–H and O–H groups in total. The number of urea groups is 1. The minimum absolute atomic E-state index is 0.249. The van der Waals surface area contributed by atoms with E-state index in [0.717, 1.165) is 17.7 Å². The number of carbonyl (C=O) groups excluding carboxylic acids is 1. The molecule has 0 radical (unpaired) electrons. The van der Waals surface area contributed by atoms with Crippen LogP contribution in [0.15, 0.2) is 18.3 Å². The molecule has 7 heteroatoms. The van der Waals surface area contributed by atoms with Crippen LogP contribution in [0.25, 0.3) is 0 Å². The molecule has 0 spiro atoms. The highest BCUT2D eigenvalue weighted by atomic mass is 16.4. The highest BCUT2D eigenvalue weighted by Crippen LogP contribution is 2.05. The second kappa shape index (κ2) is 7.32. The van der Waals surface area contributed by atoms with Gasteiger partial charge in [-0.2, -0.15) is 0 Å². The first-order chi connectivity index (χ1) is 9.04. The lowest BCUT2D eigenvalue weighted by Crippen LogP contribution is -2.41. The van der Waals surface area contributed by atoms with Gasteiger partial charge in [0.05, 0.1) is 18.8 Å². The lowest BCUT2D eigenvalue weighted by molar-refractivity contribution is -0.146. The van der Waals surface area contributed by atoms with Gasteiger partial charge in [-0.1, -0.05) is 13.0 Å². The predicted octanol–water partition coefficient (Wildman–Crippen LogP) is -0.111. The number of aryl methyl sites for hydroxylation is 1. The van der Waals surface area contributed by atoms with Gasteiger partial charge < -0.3 is 20.8 Å². The Hall–Kier alpha value is -2.15. The van der Waals surface area contributed by atoms with Gasteiger partial charge in [0.15, 0.2) is 6.10 Å². The minimum Gasteiger partial charge on any atom is -0.479 e. The van der Waals surface area contributed by atoms with Crippen molar-refractivity contribution in [3.63, 3.8) is 0 Å². The first-order valence-electron chi connectivity index (χ1n) is 5.90. The molecule has 7 nitrogen and oxygen atoms in total. The number of aromatic nitrogens is 1. The van der Waals surface area contributed by atoms with E-state index >= 15 is 0 Å². The molecule has 1 unspecified atom stereocenters. The summed E-state index contributed by atoms with van der Waals surface area (Å²) in [5, 5.41) is 22.2. The van der Waals surface area contributed by atoms with Gasteiger partial charge >= 0.3 is 12.0 Å². The lowest BCUT2D eigenvalue weighted by Gasteiger charge is -2.10. The van der Waals surface area contributed by atoms with Crippen molar-refractivity contribution in [1.29, 1.82) is 0 Å². The van der Waals surface area contributed by atoms with Crippen LogP contribution in [0.3, 0.4) is 0 Å². The van der Waals surface area contributed by atoms with Gasteiger partial charge in [-0.05, 0) is 18.1 Å². The summed E-state index contributed by atoms with van der Waals surface area (Å²) < 4.78 is 0. The molecule has 2 amide bonds. The number of carboxylic acid groups (broad SMARTS) is 1. The molecule has 1 atom stereocenters. The van der Waals surface area contributed by atoms with Gasteiger partial charge in [0.2, 0.25) is 0 Å². The molecule has 0 saturated carbocycles. The molecule has 1 aromatic heterocycles. The molecule has 0 aliphatic heterocycles. The molecule has 19 heavy (non-hydrogen) atoms. The van der Waals surface area contributed by atoms with Gasteiger partial charge in [0, 0.05) is 6.20 Å². The van der Waals surface area contributed by atoms with Crippen LogP contribution >= 0.6 is 0 Å². The van der Waals surface area contributed by atoms with Gasteiger partial charge in [-0.3, -0.25) is 4.98 Å². The summed E-state index contributed by atoms with van der Waals surface area (Å²) in [6.07, 6.45) is 0.846. The Kier molecular flexibility index (Phi) is 5.74. The molecule has 104 valence electrons. The fourth-order valence-corrected chi connectivity index (χ4v) is 1.46. The zero-order chi connectivity index (χ0) is 14.3. The number of hydrogen-bond acceptors (Lipinski definition) is 4. The lowest BCUT2D eigenvalue weighted by atomic mass is 10.1. The average Bonchev–Trinajstić information content (AvgIpc) is 2.42. The third kappa shape index (κ3) is 4.92. The Labute approximate surface area is 110 Å². The third-order valence-corrected chi connectivity index (χ3v) is 2.52. The number of hydrogen-bond donors (Lipinski definition) is 4. The Morgan fingerprint density at radius 1 is 1.42 bits per heavy atom. The van der Waals surface area contributed by atoms with Crippen molar-refractivity contribution < 1.29 is 19.8 Å². The average molecular weight is 267 g/mol. The van der Waals surface area contributed by atoms with E-state index in [1.807, 2.05) is 19.1 Å². The van der Waals surface area contributed by atoms with Crippen molar-refractivity contribution in [1.82, 2.24) is 15.6 Å². The number of nitrogens with one attached hydrogen (secondary N) is 2. The SMILES string of the molecule is CCc1cccnc1CNC(=O)NCC(O)C(=O)O. The van der Waals surface area contributed by atoms with Crippen LogP contribution in [-0.4, -0.2) is 39.8 Å². The molecular weight excluding hydrogens is 250 g/mol. The van der Waals surface area contributed by atoms with E-state index in [9.17, 15) is 9.59 Å². The number of aliphatic carboxylic acids is 1. The molecule has 0 aromatic carbocycles. The van der Waals surface area contributed by atoms with Gasteiger partial charge in [-0.15, -0.1) is 0 Å². The summed E-state index contributed by atoms with van der Waals surface area (Å²) in [4.78, 5) is 25.9. The molecule has 0 aliphatic rings. The third-order valence-electron chi connectivity index (χ3n) is 2.52. The smallest absolute Gasteiger partial charge is 0.334 e. The highest BCUT2D eigenvalue weighted by Gasteiger charge is 2.14. The van der Waals surface area contributed by atoms with Crippen LogP contribution in [0, 0.1) is 0 Å². The second-order valence-electron chi connectivity index (χ2n) is 3.88. The van der Waals surface area contributed by atoms with Crippen LogP contribution in [0.5, 0.6) is 0 Å². The van der Waals surface area contributed by atoms with E-state index in [-0.39, 0.29) is 13.1 Å². The summed E-state index contributed by atoms with van der Waals surface area (Å²) in [6.45, 7) is 1.90. The summed E-state index contributed by atoms with van der Waals surface area (Å²) in [6, 6.07) is 3.20. The van der Waals surface area contributed by atoms with Gasteiger partial charge in [0.25, 0.3) is 0 Å². The number of amides is 2. The summed E-state index contributed by atoms with van der Waals surface area (Å²) in [5.74, 6) is -1.38. The maximum absolute atomic E-state index is 11.4. The topological polar surface area (TPSA) is 112 Å². The van der Waals surface area contributed by atoms with E-state index in [0.29, 0.717) is 0 Å². The quantitative estimate of drug-likeness (QED) is 0.574. The molecule has 1 rings (SSSR count). The first kappa shape index (κ1) is 14.9. The standard InChI is InChI=1S/C12H17N3O4/c1-2-8-4-3-5-13-9(8)6-14-12(19)15-7-10(16)11(17)18/h3-5,10,16H,2,6-7H2,1H3,(H,17,18)(H2,14,15,19). The predicted molar refractivity (Wildman–Crippen MR) is 67.5 cm³/mol. The number of aliphatic hydroxyl groups excluding tert-OH is 1. The Morgan fingerprint density at radius 3 is 2.79 bits per heavy atom. The van der Waals surface area contributed by atoms with Crippen LogP contribution in [0.4, 0.5) is 4.79 Å². The molecule has 1 aromatic rings. The Balaban J connectivity index is 2.40. The highest BCUT2D eigenvalue weighted by molar-refractivity contribution is 5.76. The molecule has 0 saturated heterocycles. The second-order valence-corrected chi connectivity index (χ2v) is 3.88. The van der Waals surface area contributed by atoms with E-state index in [2.05, 4.69) is 15.6 Å². The molecule has 0 fully saturated rings. The van der Waals surface area contributed by atoms with Crippen molar-refractivity contribution in [2.45, 2.75) is 26.0 Å². The Bertz CT molecular complexity index is 450. The first-order valence-corrected chi connectivity index (χ1v) is 5.90. The maximum atomic E-state index is 11.4. The fraction of sp³-hybridized carbons (Fsp3) is 0.417. The number of carbonyl (C=O) groups is 2. The molecule has 1 heterocycles. The molecule has 0 aliphatic carbocycles. The molecular formula is C12H17N3O4. The van der Waals surface area contributed by atoms with Crippen molar-refractivity contribution in [3.8, 4) is 0 Å². The van der Waals surface area contributed by atoms with Crippen molar-refractivity contribution in [2.75, 3.05) is 6.54 Å². The van der Waals surface area contributed by atoms with Crippen LogP contribution in [0.1, 0.15) is 18.2 Å². The summed E-state index contributed by atoms with van der Waals surface area (Å²) in [7, 11) is 0. The van der Waals surface area contributed by atoms with Crippen molar-refractivity contribution in [2.24, 2.45) is 0 Å². The minimum atomic E-state index is -1.60. The van der Waals surface area contributed by atoms with Crippen LogP contribution in [0.2, 0.25) is 0 Å². The fourth-order valence-electron chi connectivity index (χ4n) is 1.46. The van der Waals surface area contributed by atoms with E-state index in [1.54, 1.807) is 6.20 Å². The van der Waals surface area contributed by atoms with Gasteiger partial charge in [-0.25, -0.2) is 9.59 Å². The van der Waals surface area contributed by atoms with E-state index < -0.39 is 18.1 Å². The number of aliphatic hydroxyl groups is 1. The van der Waals surface area contributed by atoms with E-state index in [4.69, 9.17) is 10.2 Å². The van der Waals surface area contributed by atoms with Crippen LogP contribution < -0.4 is 10.6 Å². The Morgan fingerprint density at radius 2 is 2.16 bits per heavy atom. The maximum Gasteiger partial charge on any atom is 0.334 e.